The van der Waals surface area contributed by atoms with Gasteiger partial charge >= 0.3 is 0 Å². The molecule has 2 heteroatoms. The topological polar surface area (TPSA) is 6.48 Å². The molecule has 0 amide bonds. The lowest BCUT2D eigenvalue weighted by Gasteiger charge is -2.27. The predicted molar refractivity (Wildman–Crippen MR) is 230 cm³/mol. The third-order valence-electron chi connectivity index (χ3n) is 12.0. The van der Waals surface area contributed by atoms with E-state index in [1.165, 1.54) is 101 Å². The second-order valence-electron chi connectivity index (χ2n) is 15.6. The van der Waals surface area contributed by atoms with Crippen LogP contribution in [0.5, 0.6) is 0 Å². The highest BCUT2D eigenvalue weighted by Crippen LogP contribution is 2.47. The van der Waals surface area contributed by atoms with E-state index in [2.05, 4.69) is 194 Å². The first-order valence-electron chi connectivity index (χ1n) is 19.5. The number of anilines is 6. The second kappa shape index (κ2) is 12.5. The molecule has 0 radical (unpaired) electrons. The molecule has 3 aliphatic rings. The Kier molecular flexibility index (Phi) is 7.22. The van der Waals surface area contributed by atoms with Crippen LogP contribution in [-0.2, 0) is 19.3 Å². The molecule has 8 aromatic rings. The molecule has 0 fully saturated rings. The Bertz CT molecular complexity index is 2620. The number of nitrogens with zero attached hydrogens (tertiary/aromatic N) is 2. The molecule has 0 unspecified atom stereocenters. The van der Waals surface area contributed by atoms with Gasteiger partial charge in [0.1, 0.15) is 0 Å². The SMILES string of the molecule is Cc1ccc2c(c1)Cc1cc(N(c3ccccc3)c3ccc4c(c3)Cc3cc(N(c5ccccc5)c5ccc6c(c5)Cc5cc(C)ccc5-6)ccc3-4)ccc1-2. The summed E-state index contributed by atoms with van der Waals surface area (Å²) in [6.45, 7) is 4.37. The third-order valence-corrected chi connectivity index (χ3v) is 12.0. The number of benzene rings is 8. The van der Waals surface area contributed by atoms with Crippen molar-refractivity contribution in [3.63, 3.8) is 0 Å². The van der Waals surface area contributed by atoms with E-state index in [0.29, 0.717) is 0 Å². The highest BCUT2D eigenvalue weighted by Gasteiger charge is 2.26. The van der Waals surface area contributed by atoms with Gasteiger partial charge in [-0.25, -0.2) is 0 Å². The van der Waals surface area contributed by atoms with Crippen LogP contribution < -0.4 is 9.80 Å². The molecule has 0 aromatic heterocycles. The summed E-state index contributed by atoms with van der Waals surface area (Å²) in [6.07, 6.45) is 2.85. The molecule has 0 saturated heterocycles. The lowest BCUT2D eigenvalue weighted by Crippen LogP contribution is -2.10. The number of rotatable bonds is 6. The van der Waals surface area contributed by atoms with Gasteiger partial charge in [0.2, 0.25) is 0 Å². The summed E-state index contributed by atoms with van der Waals surface area (Å²) in [5, 5.41) is 0. The zero-order valence-corrected chi connectivity index (χ0v) is 31.2. The predicted octanol–water partition coefficient (Wildman–Crippen LogP) is 14.0. The Balaban J connectivity index is 0.947. The monoisotopic (exact) mass is 704 g/mol. The first-order valence-corrected chi connectivity index (χ1v) is 19.5. The van der Waals surface area contributed by atoms with Crippen LogP contribution in [0.3, 0.4) is 0 Å². The molecule has 8 aromatic carbocycles. The minimum Gasteiger partial charge on any atom is -0.310 e. The Morgan fingerprint density at radius 1 is 0.273 bits per heavy atom. The minimum absolute atomic E-state index is 0.898. The fraction of sp³-hybridized carbons (Fsp3) is 0.0943. The number of aryl methyl sites for hydroxylation is 2. The number of hydrogen-bond acceptors (Lipinski definition) is 2. The van der Waals surface area contributed by atoms with Crippen molar-refractivity contribution in [1.29, 1.82) is 0 Å². The van der Waals surface area contributed by atoms with Crippen LogP contribution in [0.25, 0.3) is 33.4 Å². The van der Waals surface area contributed by atoms with Crippen molar-refractivity contribution in [3.8, 4) is 33.4 Å². The molecule has 0 heterocycles. The zero-order chi connectivity index (χ0) is 36.6. The first kappa shape index (κ1) is 31.8. The number of para-hydroxylation sites is 2. The van der Waals surface area contributed by atoms with E-state index in [1.807, 2.05) is 0 Å². The van der Waals surface area contributed by atoms with E-state index in [1.54, 1.807) is 0 Å². The van der Waals surface area contributed by atoms with Gasteiger partial charge < -0.3 is 9.80 Å². The Labute approximate surface area is 323 Å². The largest absolute Gasteiger partial charge is 0.310 e. The van der Waals surface area contributed by atoms with Crippen molar-refractivity contribution in [2.24, 2.45) is 0 Å². The van der Waals surface area contributed by atoms with E-state index in [4.69, 9.17) is 0 Å². The Morgan fingerprint density at radius 3 is 0.855 bits per heavy atom. The maximum absolute atomic E-state index is 2.42. The molecular formula is C53H40N2. The molecule has 2 nitrogen and oxygen atoms in total. The summed E-state index contributed by atoms with van der Waals surface area (Å²) in [6, 6.07) is 63.5. The summed E-state index contributed by atoms with van der Waals surface area (Å²) >= 11 is 0. The molecule has 0 saturated carbocycles. The first-order chi connectivity index (χ1) is 27.0. The van der Waals surface area contributed by atoms with Crippen molar-refractivity contribution in [1.82, 2.24) is 0 Å². The van der Waals surface area contributed by atoms with E-state index in [0.717, 1.165) is 30.6 Å². The van der Waals surface area contributed by atoms with Gasteiger partial charge in [-0.3, -0.25) is 0 Å². The molecule has 0 N–H and O–H groups in total. The normalized spacial score (nSPS) is 12.7. The lowest BCUT2D eigenvalue weighted by atomic mass is 10.0. The maximum atomic E-state index is 2.42. The van der Waals surface area contributed by atoms with Crippen molar-refractivity contribution in [3.05, 3.63) is 214 Å². The van der Waals surface area contributed by atoms with Gasteiger partial charge in [-0.05, 0) is 173 Å². The molecule has 11 rings (SSSR count). The minimum atomic E-state index is 0.898. The van der Waals surface area contributed by atoms with Crippen molar-refractivity contribution in [2.75, 3.05) is 9.80 Å². The van der Waals surface area contributed by atoms with E-state index in [-0.39, 0.29) is 0 Å². The van der Waals surface area contributed by atoms with Gasteiger partial charge in [-0.1, -0.05) is 108 Å². The summed E-state index contributed by atoms with van der Waals surface area (Å²) in [4.78, 5) is 4.85. The molecule has 55 heavy (non-hydrogen) atoms. The number of fused-ring (bicyclic) bond motifs is 9. The molecule has 0 atom stereocenters. The van der Waals surface area contributed by atoms with Crippen LogP contribution in [-0.4, -0.2) is 0 Å². The van der Waals surface area contributed by atoms with Crippen molar-refractivity contribution < 1.29 is 0 Å². The standard InChI is InChI=1S/C53H40N2/c1-34-13-19-48-36(25-34)27-38-30-44(15-21-50(38)48)54(42-9-5-3-6-10-42)46-17-23-52-40(32-46)29-41-33-47(18-24-53(41)52)55(43-11-7-4-8-12-43)45-16-22-51-39(31-45)28-37-26-35(2)14-20-49(37)51/h3-26,30-33H,27-29H2,1-2H3. The van der Waals surface area contributed by atoms with Crippen LogP contribution in [0.4, 0.5) is 34.1 Å². The molecule has 0 spiro atoms. The van der Waals surface area contributed by atoms with Crippen molar-refractivity contribution >= 4 is 34.1 Å². The van der Waals surface area contributed by atoms with E-state index in [9.17, 15) is 0 Å². The van der Waals surface area contributed by atoms with Crippen LogP contribution >= 0.6 is 0 Å². The van der Waals surface area contributed by atoms with Gasteiger partial charge in [0, 0.05) is 34.1 Å². The van der Waals surface area contributed by atoms with Gasteiger partial charge in [-0.15, -0.1) is 0 Å². The molecule has 262 valence electrons. The summed E-state index contributed by atoms with van der Waals surface area (Å²) in [5.41, 5.74) is 26.2. The van der Waals surface area contributed by atoms with E-state index >= 15 is 0 Å². The van der Waals surface area contributed by atoms with Crippen LogP contribution in [0.2, 0.25) is 0 Å². The average molecular weight is 705 g/mol. The summed E-state index contributed by atoms with van der Waals surface area (Å²) in [7, 11) is 0. The zero-order valence-electron chi connectivity index (χ0n) is 31.2. The van der Waals surface area contributed by atoms with Crippen molar-refractivity contribution in [2.45, 2.75) is 33.1 Å². The average Bonchev–Trinajstić information content (AvgIpc) is 3.88. The molecule has 3 aliphatic carbocycles. The maximum Gasteiger partial charge on any atom is 0.0464 e. The Morgan fingerprint density at radius 2 is 0.545 bits per heavy atom. The summed E-state index contributed by atoms with van der Waals surface area (Å²) < 4.78 is 0. The summed E-state index contributed by atoms with van der Waals surface area (Å²) in [5.74, 6) is 0. The lowest BCUT2D eigenvalue weighted by molar-refractivity contribution is 1.20. The fourth-order valence-electron chi connectivity index (χ4n) is 9.44. The third kappa shape index (κ3) is 5.32. The van der Waals surface area contributed by atoms with E-state index < -0.39 is 0 Å². The van der Waals surface area contributed by atoms with Gasteiger partial charge in [0.05, 0.1) is 0 Å². The van der Waals surface area contributed by atoms with Gasteiger partial charge in [0.25, 0.3) is 0 Å². The number of hydrogen-bond donors (Lipinski definition) is 0. The van der Waals surface area contributed by atoms with Crippen LogP contribution in [0.15, 0.2) is 170 Å². The quantitative estimate of drug-likeness (QED) is 0.170. The Hall–Kier alpha value is -6.64. The smallest absolute Gasteiger partial charge is 0.0464 e. The van der Waals surface area contributed by atoms with Crippen LogP contribution in [0.1, 0.15) is 44.5 Å². The molecule has 0 bridgehead atoms. The second-order valence-corrected chi connectivity index (χ2v) is 15.6. The fourth-order valence-corrected chi connectivity index (χ4v) is 9.44. The molecule has 0 aliphatic heterocycles. The van der Waals surface area contributed by atoms with Crippen LogP contribution in [0, 0.1) is 13.8 Å². The highest BCUT2D eigenvalue weighted by molar-refractivity contribution is 5.88. The molecular weight excluding hydrogens is 665 g/mol. The highest BCUT2D eigenvalue weighted by atomic mass is 15.1. The van der Waals surface area contributed by atoms with Gasteiger partial charge in [0.15, 0.2) is 0 Å². The van der Waals surface area contributed by atoms with Gasteiger partial charge in [-0.2, -0.15) is 0 Å².